The normalized spacial score (nSPS) is 25.1. The third-order valence-corrected chi connectivity index (χ3v) is 9.78. The second-order valence-electron chi connectivity index (χ2n) is 12.5. The summed E-state index contributed by atoms with van der Waals surface area (Å²) in [5.74, 6) is 2.77. The molecule has 1 aromatic heterocycles. The molecule has 39 heavy (non-hydrogen) atoms. The molecule has 6 heteroatoms. The standard InChI is InChI=1S/C33H39N3O3/c1-19-7-5-6-8-25(19)30-34-27(11-12-33-16-22-13-23(17-33)15-24(14-22)18-33)29(36-30)31(37)35-26-10-9-20(2)28(21(26)3)32(38)39-4/h5-10,22-24H,11-18H2,1-4H3,(H,34,36)(H,35,37). The number of carbonyl (C=O) groups excluding carboxylic acids is 2. The van der Waals surface area contributed by atoms with Crippen molar-refractivity contribution in [3.05, 3.63) is 70.0 Å². The van der Waals surface area contributed by atoms with Crippen LogP contribution in [0.15, 0.2) is 36.4 Å². The molecule has 4 fully saturated rings. The number of aromatic amines is 1. The van der Waals surface area contributed by atoms with Gasteiger partial charge in [0.15, 0.2) is 0 Å². The van der Waals surface area contributed by atoms with Crippen molar-refractivity contribution in [2.24, 2.45) is 23.2 Å². The number of ether oxygens (including phenoxy) is 1. The van der Waals surface area contributed by atoms with Gasteiger partial charge in [0, 0.05) is 16.9 Å². The van der Waals surface area contributed by atoms with Crippen LogP contribution in [0, 0.1) is 43.9 Å². The maximum absolute atomic E-state index is 13.8. The highest BCUT2D eigenvalue weighted by Crippen LogP contribution is 2.61. The monoisotopic (exact) mass is 525 g/mol. The Hall–Kier alpha value is -3.41. The number of methoxy groups -OCH3 is 1. The molecule has 6 nitrogen and oxygen atoms in total. The van der Waals surface area contributed by atoms with E-state index in [9.17, 15) is 9.59 Å². The molecule has 4 saturated carbocycles. The molecule has 4 aliphatic carbocycles. The Kier molecular flexibility index (Phi) is 6.60. The molecule has 2 aromatic carbocycles. The summed E-state index contributed by atoms with van der Waals surface area (Å²) in [5.41, 5.74) is 6.47. The first-order valence-corrected chi connectivity index (χ1v) is 14.4. The zero-order valence-corrected chi connectivity index (χ0v) is 23.5. The van der Waals surface area contributed by atoms with Crippen LogP contribution in [0.5, 0.6) is 0 Å². The Labute approximate surface area is 231 Å². The van der Waals surface area contributed by atoms with Gasteiger partial charge in [-0.2, -0.15) is 0 Å². The van der Waals surface area contributed by atoms with E-state index < -0.39 is 5.97 Å². The van der Waals surface area contributed by atoms with E-state index in [1.807, 2.05) is 44.2 Å². The van der Waals surface area contributed by atoms with Gasteiger partial charge in [-0.1, -0.05) is 30.3 Å². The highest BCUT2D eigenvalue weighted by atomic mass is 16.5. The van der Waals surface area contributed by atoms with Gasteiger partial charge in [-0.25, -0.2) is 9.78 Å². The molecule has 7 rings (SSSR count). The summed E-state index contributed by atoms with van der Waals surface area (Å²) in [7, 11) is 1.37. The van der Waals surface area contributed by atoms with Gasteiger partial charge in [-0.15, -0.1) is 0 Å². The summed E-state index contributed by atoms with van der Waals surface area (Å²) >= 11 is 0. The van der Waals surface area contributed by atoms with Crippen LogP contribution in [0.1, 0.15) is 88.2 Å². The van der Waals surface area contributed by atoms with Gasteiger partial charge in [0.1, 0.15) is 11.5 Å². The van der Waals surface area contributed by atoms with Gasteiger partial charge in [0.2, 0.25) is 0 Å². The predicted molar refractivity (Wildman–Crippen MR) is 153 cm³/mol. The maximum atomic E-state index is 13.8. The fourth-order valence-electron chi connectivity index (χ4n) is 8.31. The van der Waals surface area contributed by atoms with E-state index in [4.69, 9.17) is 9.72 Å². The number of aromatic nitrogens is 2. The van der Waals surface area contributed by atoms with Gasteiger partial charge in [0.25, 0.3) is 5.91 Å². The Balaban J connectivity index is 1.31. The summed E-state index contributed by atoms with van der Waals surface area (Å²) < 4.78 is 4.99. The van der Waals surface area contributed by atoms with Crippen LogP contribution in [0.25, 0.3) is 11.4 Å². The van der Waals surface area contributed by atoms with E-state index in [0.29, 0.717) is 27.9 Å². The zero-order valence-electron chi connectivity index (χ0n) is 23.5. The first-order valence-electron chi connectivity index (χ1n) is 14.4. The molecule has 4 aliphatic rings. The smallest absolute Gasteiger partial charge is 0.338 e. The van der Waals surface area contributed by atoms with E-state index in [-0.39, 0.29) is 5.91 Å². The Morgan fingerprint density at radius 2 is 1.64 bits per heavy atom. The number of hydrogen-bond acceptors (Lipinski definition) is 4. The van der Waals surface area contributed by atoms with Crippen LogP contribution >= 0.6 is 0 Å². The van der Waals surface area contributed by atoms with E-state index in [0.717, 1.165) is 58.8 Å². The molecule has 0 saturated heterocycles. The summed E-state index contributed by atoms with van der Waals surface area (Å²) in [6.07, 6.45) is 10.2. The Morgan fingerprint density at radius 3 is 2.28 bits per heavy atom. The van der Waals surface area contributed by atoms with E-state index in [2.05, 4.69) is 23.3 Å². The number of benzene rings is 2. The number of H-pyrrole nitrogens is 1. The molecule has 0 aliphatic heterocycles. The summed E-state index contributed by atoms with van der Waals surface area (Å²) in [5, 5.41) is 3.06. The SMILES string of the molecule is COC(=O)c1c(C)ccc(NC(=O)c2nc(-c3ccccc3C)[nH]c2CCC23CC4CC(CC(C4)C2)C3)c1C. The van der Waals surface area contributed by atoms with Crippen molar-refractivity contribution in [1.29, 1.82) is 0 Å². The van der Waals surface area contributed by atoms with Gasteiger partial charge in [-0.05, 0) is 118 Å². The molecule has 2 N–H and O–H groups in total. The lowest BCUT2D eigenvalue weighted by Gasteiger charge is -2.57. The van der Waals surface area contributed by atoms with Crippen molar-refractivity contribution in [3.8, 4) is 11.4 Å². The van der Waals surface area contributed by atoms with Crippen LogP contribution in [0.4, 0.5) is 5.69 Å². The van der Waals surface area contributed by atoms with Crippen LogP contribution < -0.4 is 5.32 Å². The second-order valence-corrected chi connectivity index (χ2v) is 12.5. The van der Waals surface area contributed by atoms with Gasteiger partial charge in [0.05, 0.1) is 12.7 Å². The molecule has 1 amide bonds. The molecule has 0 spiro atoms. The topological polar surface area (TPSA) is 84.1 Å². The van der Waals surface area contributed by atoms with E-state index >= 15 is 0 Å². The predicted octanol–water partition coefficient (Wildman–Crippen LogP) is 7.19. The molecule has 1 heterocycles. The first-order chi connectivity index (χ1) is 18.7. The van der Waals surface area contributed by atoms with Crippen molar-refractivity contribution in [3.63, 3.8) is 0 Å². The minimum absolute atomic E-state index is 0.255. The number of anilines is 1. The summed E-state index contributed by atoms with van der Waals surface area (Å²) in [4.78, 5) is 34.6. The number of nitrogens with zero attached hydrogens (tertiary/aromatic N) is 1. The molecular formula is C33H39N3O3. The Bertz CT molecular complexity index is 1400. The number of amides is 1. The zero-order chi connectivity index (χ0) is 27.3. The van der Waals surface area contributed by atoms with Crippen LogP contribution in [-0.2, 0) is 11.2 Å². The van der Waals surface area contributed by atoms with Crippen molar-refractivity contribution < 1.29 is 14.3 Å². The minimum atomic E-state index is -0.404. The summed E-state index contributed by atoms with van der Waals surface area (Å²) in [6, 6.07) is 11.8. The molecule has 0 unspecified atom stereocenters. The number of esters is 1. The number of carbonyl (C=O) groups is 2. The lowest BCUT2D eigenvalue weighted by molar-refractivity contribution is -0.0570. The number of rotatable bonds is 7. The molecule has 4 bridgehead atoms. The van der Waals surface area contributed by atoms with Gasteiger partial charge < -0.3 is 15.0 Å². The van der Waals surface area contributed by atoms with Crippen LogP contribution in [-0.4, -0.2) is 29.0 Å². The van der Waals surface area contributed by atoms with E-state index in [1.165, 1.54) is 45.6 Å². The average Bonchev–Trinajstić information content (AvgIpc) is 3.33. The van der Waals surface area contributed by atoms with Crippen molar-refractivity contribution >= 4 is 17.6 Å². The number of imidazole rings is 1. The third-order valence-electron chi connectivity index (χ3n) is 9.78. The number of nitrogens with one attached hydrogen (secondary N) is 2. The number of aryl methyl sites for hydroxylation is 3. The molecule has 3 aromatic rings. The number of hydrogen-bond donors (Lipinski definition) is 2. The van der Waals surface area contributed by atoms with Crippen LogP contribution in [0.2, 0.25) is 0 Å². The largest absolute Gasteiger partial charge is 0.465 e. The molecule has 0 atom stereocenters. The first kappa shape index (κ1) is 25.8. The molecule has 204 valence electrons. The second kappa shape index (κ2) is 9.96. The highest BCUT2D eigenvalue weighted by molar-refractivity contribution is 6.05. The fourth-order valence-corrected chi connectivity index (χ4v) is 8.31. The Morgan fingerprint density at radius 1 is 0.974 bits per heavy atom. The molecule has 0 radical (unpaired) electrons. The van der Waals surface area contributed by atoms with Crippen LogP contribution in [0.3, 0.4) is 0 Å². The third kappa shape index (κ3) is 4.79. The van der Waals surface area contributed by atoms with Gasteiger partial charge >= 0.3 is 5.97 Å². The quantitative estimate of drug-likeness (QED) is 0.320. The minimum Gasteiger partial charge on any atom is -0.465 e. The highest BCUT2D eigenvalue weighted by Gasteiger charge is 2.50. The lowest BCUT2D eigenvalue weighted by atomic mass is 9.48. The van der Waals surface area contributed by atoms with Gasteiger partial charge in [-0.3, -0.25) is 4.79 Å². The summed E-state index contributed by atoms with van der Waals surface area (Å²) in [6.45, 7) is 5.78. The lowest BCUT2D eigenvalue weighted by Crippen LogP contribution is -2.46. The fraction of sp³-hybridized carbons (Fsp3) is 0.485. The van der Waals surface area contributed by atoms with Crippen molar-refractivity contribution in [2.75, 3.05) is 12.4 Å². The van der Waals surface area contributed by atoms with Crippen molar-refractivity contribution in [2.45, 2.75) is 72.1 Å². The maximum Gasteiger partial charge on any atom is 0.338 e. The van der Waals surface area contributed by atoms with E-state index in [1.54, 1.807) is 0 Å². The average molecular weight is 526 g/mol. The molecular weight excluding hydrogens is 486 g/mol. The van der Waals surface area contributed by atoms with Crippen molar-refractivity contribution in [1.82, 2.24) is 9.97 Å².